The molecule has 1 aliphatic heterocycles. The number of aliphatic hydroxyl groups is 1. The molecular weight excluding hydrogens is 470 g/mol. The van der Waals surface area contributed by atoms with Crippen LogP contribution >= 0.6 is 46.4 Å². The Bertz CT molecular complexity index is 1060. The summed E-state index contributed by atoms with van der Waals surface area (Å²) in [5.74, 6) is 0.290. The summed E-state index contributed by atoms with van der Waals surface area (Å²) in [5.41, 5.74) is 2.24. The molecule has 2 aromatic carbocycles. The molecule has 4 rings (SSSR count). The number of hydrogen-bond donors (Lipinski definition) is 3. The van der Waals surface area contributed by atoms with Gasteiger partial charge in [0.15, 0.2) is 0 Å². The Kier molecular flexibility index (Phi) is 6.44. The van der Waals surface area contributed by atoms with Gasteiger partial charge >= 0.3 is 0 Å². The van der Waals surface area contributed by atoms with Crippen LogP contribution < -0.4 is 5.32 Å². The average molecular weight is 488 g/mol. The first kappa shape index (κ1) is 21.7. The quantitative estimate of drug-likeness (QED) is 0.497. The molecule has 30 heavy (non-hydrogen) atoms. The Balaban J connectivity index is 1.44. The van der Waals surface area contributed by atoms with Crippen LogP contribution in [0.1, 0.15) is 17.8 Å². The highest BCUT2D eigenvalue weighted by atomic mass is 35.5. The average Bonchev–Trinajstić information content (AvgIpc) is 3.25. The summed E-state index contributed by atoms with van der Waals surface area (Å²) in [6, 6.07) is 7.93. The van der Waals surface area contributed by atoms with Crippen molar-refractivity contribution in [2.45, 2.75) is 31.7 Å². The Hall–Kier alpha value is -1.54. The number of nitrogens with zero attached hydrogens (tertiary/aromatic N) is 2. The number of aliphatic hydroxyl groups excluding tert-OH is 1. The molecule has 1 fully saturated rings. The highest BCUT2D eigenvalue weighted by molar-refractivity contribution is 6.42. The number of H-pyrrole nitrogens is 1. The van der Waals surface area contributed by atoms with E-state index in [-0.39, 0.29) is 12.5 Å². The van der Waals surface area contributed by atoms with Crippen molar-refractivity contribution in [1.82, 2.24) is 20.2 Å². The lowest BCUT2D eigenvalue weighted by Crippen LogP contribution is -2.47. The van der Waals surface area contributed by atoms with Crippen molar-refractivity contribution in [3.05, 3.63) is 61.8 Å². The molecule has 6 nitrogen and oxygen atoms in total. The van der Waals surface area contributed by atoms with Crippen LogP contribution in [0, 0.1) is 0 Å². The number of halogens is 4. The lowest BCUT2D eigenvalue weighted by atomic mass is 10.1. The van der Waals surface area contributed by atoms with Gasteiger partial charge in [-0.3, -0.25) is 9.69 Å². The summed E-state index contributed by atoms with van der Waals surface area (Å²) in [6.45, 7) is 1.20. The normalized spacial score (nSPS) is 19.5. The van der Waals surface area contributed by atoms with Gasteiger partial charge in [-0.25, -0.2) is 4.98 Å². The molecule has 10 heteroatoms. The van der Waals surface area contributed by atoms with E-state index in [0.717, 1.165) is 11.1 Å². The van der Waals surface area contributed by atoms with Crippen molar-refractivity contribution in [2.24, 2.45) is 0 Å². The van der Waals surface area contributed by atoms with Gasteiger partial charge in [-0.2, -0.15) is 0 Å². The standard InChI is InChI=1S/C20H18Cl4N4O2/c21-11-2-1-10(12(22)5-11)9-28-4-3-17(29)19(28)20(30)25-8-18-26-15-6-13(23)14(24)7-16(15)27-18/h1-2,5-7,17,19,29H,3-4,8-9H2,(H,25,30)(H,26,27). The summed E-state index contributed by atoms with van der Waals surface area (Å²) in [6.07, 6.45) is -0.255. The molecule has 0 saturated carbocycles. The zero-order valence-corrected chi connectivity index (χ0v) is 18.7. The highest BCUT2D eigenvalue weighted by Gasteiger charge is 2.38. The SMILES string of the molecule is O=C(NCc1nc2cc(Cl)c(Cl)cc2[nH]1)C1C(O)CCN1Cc1ccc(Cl)cc1Cl. The van der Waals surface area contributed by atoms with Crippen LogP contribution in [0.3, 0.4) is 0 Å². The first-order valence-corrected chi connectivity index (χ1v) is 10.8. The van der Waals surface area contributed by atoms with Gasteiger partial charge in [-0.1, -0.05) is 52.5 Å². The minimum absolute atomic E-state index is 0.182. The van der Waals surface area contributed by atoms with E-state index in [1.807, 2.05) is 11.0 Å². The molecule has 3 N–H and O–H groups in total. The number of aromatic amines is 1. The maximum Gasteiger partial charge on any atom is 0.240 e. The molecule has 158 valence electrons. The monoisotopic (exact) mass is 486 g/mol. The number of amides is 1. The van der Waals surface area contributed by atoms with Gasteiger partial charge in [0.2, 0.25) is 5.91 Å². The number of aromatic nitrogens is 2. The molecule has 2 heterocycles. The van der Waals surface area contributed by atoms with Crippen LogP contribution in [-0.4, -0.2) is 44.6 Å². The topological polar surface area (TPSA) is 81.2 Å². The van der Waals surface area contributed by atoms with E-state index >= 15 is 0 Å². The van der Waals surface area contributed by atoms with Crippen molar-refractivity contribution >= 4 is 63.3 Å². The molecule has 0 aliphatic carbocycles. The highest BCUT2D eigenvalue weighted by Crippen LogP contribution is 2.28. The molecule has 1 saturated heterocycles. The van der Waals surface area contributed by atoms with Crippen molar-refractivity contribution < 1.29 is 9.90 Å². The number of carbonyl (C=O) groups excluding carboxylic acids is 1. The largest absolute Gasteiger partial charge is 0.391 e. The van der Waals surface area contributed by atoms with Gasteiger partial charge in [0.1, 0.15) is 11.9 Å². The maximum atomic E-state index is 12.8. The van der Waals surface area contributed by atoms with E-state index < -0.39 is 12.1 Å². The molecule has 2 unspecified atom stereocenters. The minimum Gasteiger partial charge on any atom is -0.391 e. The zero-order valence-electron chi connectivity index (χ0n) is 15.6. The van der Waals surface area contributed by atoms with Crippen LogP contribution in [0.4, 0.5) is 0 Å². The van der Waals surface area contributed by atoms with Gasteiger partial charge in [-0.15, -0.1) is 0 Å². The summed E-state index contributed by atoms with van der Waals surface area (Å²) < 4.78 is 0. The number of nitrogens with one attached hydrogen (secondary N) is 2. The van der Waals surface area contributed by atoms with Gasteiger partial charge in [0, 0.05) is 23.1 Å². The Morgan fingerprint density at radius 3 is 2.70 bits per heavy atom. The Morgan fingerprint density at radius 2 is 1.93 bits per heavy atom. The van der Waals surface area contributed by atoms with Crippen molar-refractivity contribution in [1.29, 1.82) is 0 Å². The maximum absolute atomic E-state index is 12.8. The fourth-order valence-corrected chi connectivity index (χ4v) is 4.43. The summed E-state index contributed by atoms with van der Waals surface area (Å²) in [4.78, 5) is 22.3. The van der Waals surface area contributed by atoms with Gasteiger partial charge in [-0.05, 0) is 36.2 Å². The van der Waals surface area contributed by atoms with Crippen molar-refractivity contribution in [3.63, 3.8) is 0 Å². The van der Waals surface area contributed by atoms with Gasteiger partial charge in [0.25, 0.3) is 0 Å². The minimum atomic E-state index is -0.760. The zero-order chi connectivity index (χ0) is 21.4. The summed E-state index contributed by atoms with van der Waals surface area (Å²) in [7, 11) is 0. The van der Waals surface area contributed by atoms with Crippen LogP contribution in [0.5, 0.6) is 0 Å². The lowest BCUT2D eigenvalue weighted by Gasteiger charge is -2.25. The van der Waals surface area contributed by atoms with Crippen LogP contribution in [0.2, 0.25) is 20.1 Å². The summed E-state index contributed by atoms with van der Waals surface area (Å²) >= 11 is 24.3. The lowest BCUT2D eigenvalue weighted by molar-refractivity contribution is -0.128. The van der Waals surface area contributed by atoms with E-state index in [0.29, 0.717) is 50.9 Å². The van der Waals surface area contributed by atoms with E-state index in [9.17, 15) is 9.90 Å². The van der Waals surface area contributed by atoms with Crippen molar-refractivity contribution in [3.8, 4) is 0 Å². The number of rotatable bonds is 5. The van der Waals surface area contributed by atoms with Gasteiger partial charge < -0.3 is 15.4 Å². The van der Waals surface area contributed by atoms with Crippen LogP contribution in [-0.2, 0) is 17.9 Å². The molecular formula is C20H18Cl4N4O2. The molecule has 2 atom stereocenters. The molecule has 0 spiro atoms. The second-order valence-corrected chi connectivity index (χ2v) is 8.85. The predicted molar refractivity (Wildman–Crippen MR) is 119 cm³/mol. The molecule has 1 aromatic heterocycles. The third-order valence-corrected chi connectivity index (χ3v) is 6.44. The number of benzene rings is 2. The number of hydrogen-bond acceptors (Lipinski definition) is 4. The van der Waals surface area contributed by atoms with E-state index in [1.54, 1.807) is 24.3 Å². The number of imidazole rings is 1. The van der Waals surface area contributed by atoms with Crippen molar-refractivity contribution in [2.75, 3.05) is 6.54 Å². The molecule has 1 amide bonds. The van der Waals surface area contributed by atoms with E-state index in [4.69, 9.17) is 46.4 Å². The van der Waals surface area contributed by atoms with E-state index in [2.05, 4.69) is 15.3 Å². The fraction of sp³-hybridized carbons (Fsp3) is 0.300. The Morgan fingerprint density at radius 1 is 1.17 bits per heavy atom. The third kappa shape index (κ3) is 4.54. The van der Waals surface area contributed by atoms with E-state index in [1.165, 1.54) is 0 Å². The smallest absolute Gasteiger partial charge is 0.240 e. The number of carbonyl (C=O) groups is 1. The second kappa shape index (κ2) is 8.91. The predicted octanol–water partition coefficient (Wildman–Crippen LogP) is 4.43. The fourth-order valence-electron chi connectivity index (χ4n) is 3.64. The molecule has 3 aromatic rings. The first-order valence-electron chi connectivity index (χ1n) is 9.29. The second-order valence-electron chi connectivity index (χ2n) is 7.19. The molecule has 0 bridgehead atoms. The molecule has 0 radical (unpaired) electrons. The van der Waals surface area contributed by atoms with Gasteiger partial charge in [0.05, 0.1) is 33.7 Å². The number of fused-ring (bicyclic) bond motifs is 1. The van der Waals surface area contributed by atoms with Crippen LogP contribution in [0.15, 0.2) is 30.3 Å². The first-order chi connectivity index (χ1) is 14.3. The Labute approximate surface area is 193 Å². The number of likely N-dealkylation sites (tertiary alicyclic amines) is 1. The van der Waals surface area contributed by atoms with Crippen LogP contribution in [0.25, 0.3) is 11.0 Å². The molecule has 1 aliphatic rings. The third-order valence-electron chi connectivity index (χ3n) is 5.13. The summed E-state index contributed by atoms with van der Waals surface area (Å²) in [5, 5.41) is 15.1.